The van der Waals surface area contributed by atoms with Gasteiger partial charge in [0.25, 0.3) is 0 Å². The summed E-state index contributed by atoms with van der Waals surface area (Å²) in [6.45, 7) is 6.93. The van der Waals surface area contributed by atoms with E-state index in [9.17, 15) is 9.90 Å². The summed E-state index contributed by atoms with van der Waals surface area (Å²) in [5.74, 6) is -0.944. The van der Waals surface area contributed by atoms with Crippen molar-refractivity contribution in [2.45, 2.75) is 39.7 Å². The number of nitrogens with zero attached hydrogens (tertiary/aromatic N) is 2. The van der Waals surface area contributed by atoms with Crippen LogP contribution < -0.4 is 5.32 Å². The summed E-state index contributed by atoms with van der Waals surface area (Å²) in [7, 11) is 0. The van der Waals surface area contributed by atoms with E-state index in [2.05, 4.69) is 16.4 Å². The van der Waals surface area contributed by atoms with Crippen LogP contribution in [-0.2, 0) is 4.79 Å². The van der Waals surface area contributed by atoms with Crippen molar-refractivity contribution in [2.24, 2.45) is 0 Å². The van der Waals surface area contributed by atoms with Crippen molar-refractivity contribution < 1.29 is 9.90 Å². The number of hydrogen-bond acceptors (Lipinski definition) is 4. The first-order valence-electron chi connectivity index (χ1n) is 5.74. The van der Waals surface area contributed by atoms with Crippen LogP contribution in [0.4, 0.5) is 5.69 Å². The fraction of sp³-hybridized carbons (Fsp3) is 0.462. The molecule has 5 nitrogen and oxygen atoms in total. The maximum absolute atomic E-state index is 11.3. The molecule has 1 atom stereocenters. The minimum Gasteiger partial charge on any atom is -0.480 e. The molecular weight excluding hydrogens is 230 g/mol. The fourth-order valence-corrected chi connectivity index (χ4v) is 1.66. The minimum atomic E-state index is -1.09. The van der Waals surface area contributed by atoms with Gasteiger partial charge in [-0.05, 0) is 33.3 Å². The molecule has 1 aromatic heterocycles. The average Bonchev–Trinajstić information content (AvgIpc) is 2.28. The van der Waals surface area contributed by atoms with E-state index in [1.54, 1.807) is 26.8 Å². The third-order valence-electron chi connectivity index (χ3n) is 3.03. The molecule has 0 fully saturated rings. The summed E-state index contributed by atoms with van der Waals surface area (Å²) in [6.07, 6.45) is 0.410. The van der Waals surface area contributed by atoms with Crippen molar-refractivity contribution in [3.8, 4) is 6.07 Å². The molecule has 0 aliphatic heterocycles. The number of hydrogen-bond donors (Lipinski definition) is 2. The molecule has 0 amide bonds. The molecule has 0 aliphatic carbocycles. The van der Waals surface area contributed by atoms with Crippen LogP contribution in [-0.4, -0.2) is 21.6 Å². The maximum atomic E-state index is 11.3. The number of carboxylic acids is 1. The number of nitriles is 1. The van der Waals surface area contributed by atoms with Gasteiger partial charge in [0.05, 0.1) is 16.9 Å². The Balaban J connectivity index is 3.27. The number of aliphatic carboxylic acids is 1. The second kappa shape index (κ2) is 5.05. The number of aryl methyl sites for hydroxylation is 2. The largest absolute Gasteiger partial charge is 0.480 e. The molecule has 0 aliphatic rings. The number of anilines is 1. The van der Waals surface area contributed by atoms with E-state index in [-0.39, 0.29) is 0 Å². The number of nitrogens with one attached hydrogen (secondary N) is 1. The molecule has 0 aromatic carbocycles. The van der Waals surface area contributed by atoms with Crippen LogP contribution in [0.25, 0.3) is 0 Å². The van der Waals surface area contributed by atoms with Gasteiger partial charge < -0.3 is 10.4 Å². The smallest absolute Gasteiger partial charge is 0.329 e. The fourth-order valence-electron chi connectivity index (χ4n) is 1.66. The molecule has 1 rings (SSSR count). The lowest BCUT2D eigenvalue weighted by atomic mass is 9.98. The second-order valence-corrected chi connectivity index (χ2v) is 4.50. The van der Waals surface area contributed by atoms with E-state index in [0.29, 0.717) is 23.4 Å². The van der Waals surface area contributed by atoms with Gasteiger partial charge in [0.2, 0.25) is 0 Å². The summed E-state index contributed by atoms with van der Waals surface area (Å²) < 4.78 is 0. The van der Waals surface area contributed by atoms with E-state index in [1.165, 1.54) is 0 Å². The van der Waals surface area contributed by atoms with Crippen LogP contribution in [0.1, 0.15) is 37.2 Å². The molecule has 5 heteroatoms. The molecule has 96 valence electrons. The van der Waals surface area contributed by atoms with Gasteiger partial charge in [0.15, 0.2) is 0 Å². The molecule has 0 saturated heterocycles. The normalized spacial score (nSPS) is 13.5. The Morgan fingerprint density at radius 2 is 2.22 bits per heavy atom. The van der Waals surface area contributed by atoms with Gasteiger partial charge in [-0.3, -0.25) is 4.98 Å². The number of rotatable bonds is 4. The van der Waals surface area contributed by atoms with Crippen molar-refractivity contribution in [2.75, 3.05) is 5.32 Å². The molecule has 0 bridgehead atoms. The van der Waals surface area contributed by atoms with Gasteiger partial charge in [-0.15, -0.1) is 0 Å². The van der Waals surface area contributed by atoms with Gasteiger partial charge in [-0.1, -0.05) is 6.92 Å². The highest BCUT2D eigenvalue weighted by Crippen LogP contribution is 2.24. The lowest BCUT2D eigenvalue weighted by molar-refractivity contribution is -0.141. The number of aromatic nitrogens is 1. The van der Waals surface area contributed by atoms with Crippen LogP contribution in [0.5, 0.6) is 0 Å². The summed E-state index contributed by atoms with van der Waals surface area (Å²) in [6, 6.07) is 3.76. The molecule has 0 spiro atoms. The zero-order chi connectivity index (χ0) is 13.9. The van der Waals surface area contributed by atoms with Gasteiger partial charge in [-0.25, -0.2) is 4.79 Å². The monoisotopic (exact) mass is 247 g/mol. The summed E-state index contributed by atoms with van der Waals surface area (Å²) in [5.41, 5.74) is 1.17. The predicted molar refractivity (Wildman–Crippen MR) is 68.4 cm³/mol. The van der Waals surface area contributed by atoms with E-state index in [0.717, 1.165) is 5.69 Å². The Kier molecular flexibility index (Phi) is 3.92. The summed E-state index contributed by atoms with van der Waals surface area (Å²) in [5, 5.41) is 21.3. The molecule has 1 heterocycles. The van der Waals surface area contributed by atoms with Gasteiger partial charge in [-0.2, -0.15) is 5.26 Å². The van der Waals surface area contributed by atoms with Crippen molar-refractivity contribution >= 4 is 11.7 Å². The van der Waals surface area contributed by atoms with Crippen LogP contribution in [0.3, 0.4) is 0 Å². The van der Waals surface area contributed by atoms with E-state index >= 15 is 0 Å². The Morgan fingerprint density at radius 1 is 1.61 bits per heavy atom. The first-order valence-corrected chi connectivity index (χ1v) is 5.74. The van der Waals surface area contributed by atoms with Crippen molar-refractivity contribution in [3.63, 3.8) is 0 Å². The second-order valence-electron chi connectivity index (χ2n) is 4.50. The molecule has 0 saturated carbocycles. The zero-order valence-electron chi connectivity index (χ0n) is 11.0. The number of carboxylic acid groups (broad SMARTS) is 1. The quantitative estimate of drug-likeness (QED) is 0.852. The van der Waals surface area contributed by atoms with Crippen LogP contribution in [0.15, 0.2) is 6.07 Å². The van der Waals surface area contributed by atoms with Gasteiger partial charge in [0.1, 0.15) is 11.6 Å². The van der Waals surface area contributed by atoms with Crippen molar-refractivity contribution in [1.29, 1.82) is 5.26 Å². The number of pyridine rings is 1. The topological polar surface area (TPSA) is 86.0 Å². The summed E-state index contributed by atoms with van der Waals surface area (Å²) in [4.78, 5) is 15.5. The standard InChI is InChI=1S/C13H17N3O2/c1-5-13(4,12(17)18)16-11-6-8(2)15-9(3)10(11)7-14/h6H,5H2,1-4H3,(H,15,16)(H,17,18). The van der Waals surface area contributed by atoms with E-state index in [1.807, 2.05) is 6.92 Å². The Labute approximate surface area is 106 Å². The van der Waals surface area contributed by atoms with Crippen molar-refractivity contribution in [3.05, 3.63) is 23.0 Å². The highest BCUT2D eigenvalue weighted by atomic mass is 16.4. The first kappa shape index (κ1) is 14.0. The highest BCUT2D eigenvalue weighted by Gasteiger charge is 2.31. The zero-order valence-corrected chi connectivity index (χ0v) is 11.0. The van der Waals surface area contributed by atoms with Crippen molar-refractivity contribution in [1.82, 2.24) is 4.98 Å². The lowest BCUT2D eigenvalue weighted by Gasteiger charge is -2.26. The third-order valence-corrected chi connectivity index (χ3v) is 3.03. The number of carbonyl (C=O) groups is 1. The Bertz CT molecular complexity index is 520. The van der Waals surface area contributed by atoms with Crippen LogP contribution in [0.2, 0.25) is 0 Å². The molecule has 0 radical (unpaired) electrons. The van der Waals surface area contributed by atoms with E-state index < -0.39 is 11.5 Å². The van der Waals surface area contributed by atoms with E-state index in [4.69, 9.17) is 5.26 Å². The molecule has 1 aromatic rings. The predicted octanol–water partition coefficient (Wildman–Crippen LogP) is 2.24. The lowest BCUT2D eigenvalue weighted by Crippen LogP contribution is -2.43. The Hall–Kier alpha value is -2.09. The maximum Gasteiger partial charge on any atom is 0.329 e. The summed E-state index contributed by atoms with van der Waals surface area (Å²) >= 11 is 0. The molecular formula is C13H17N3O2. The third kappa shape index (κ3) is 2.59. The molecule has 2 N–H and O–H groups in total. The average molecular weight is 247 g/mol. The van der Waals surface area contributed by atoms with Gasteiger partial charge in [0, 0.05) is 5.69 Å². The highest BCUT2D eigenvalue weighted by molar-refractivity contribution is 5.83. The molecule has 18 heavy (non-hydrogen) atoms. The van der Waals surface area contributed by atoms with Crippen LogP contribution >= 0.6 is 0 Å². The SMILES string of the molecule is CCC(C)(Nc1cc(C)nc(C)c1C#N)C(=O)O. The van der Waals surface area contributed by atoms with Gasteiger partial charge >= 0.3 is 5.97 Å². The first-order chi connectivity index (χ1) is 8.34. The minimum absolute atomic E-state index is 0.390. The van der Waals surface area contributed by atoms with Crippen LogP contribution in [0, 0.1) is 25.2 Å². The molecule has 1 unspecified atom stereocenters. The Morgan fingerprint density at radius 3 is 2.67 bits per heavy atom.